The van der Waals surface area contributed by atoms with E-state index in [0.29, 0.717) is 12.3 Å². The van der Waals surface area contributed by atoms with E-state index in [0.717, 1.165) is 30.2 Å². The predicted molar refractivity (Wildman–Crippen MR) is 77.1 cm³/mol. The van der Waals surface area contributed by atoms with Crippen LogP contribution in [0.3, 0.4) is 0 Å². The Morgan fingerprint density at radius 1 is 1.40 bits per heavy atom. The molecule has 0 atom stereocenters. The van der Waals surface area contributed by atoms with Gasteiger partial charge < -0.3 is 14.8 Å². The van der Waals surface area contributed by atoms with Crippen molar-refractivity contribution in [3.8, 4) is 0 Å². The van der Waals surface area contributed by atoms with E-state index in [1.54, 1.807) is 6.08 Å². The number of aliphatic hydroxyl groups is 1. The quantitative estimate of drug-likeness (QED) is 0.840. The SMILES string of the molecule is O=C(C=Cc1cc2ccccc2o1)NCC1(O)CCC1. The first-order valence-corrected chi connectivity index (χ1v) is 6.82. The molecule has 0 aliphatic heterocycles. The monoisotopic (exact) mass is 271 g/mol. The Hall–Kier alpha value is -2.07. The first-order chi connectivity index (χ1) is 9.65. The minimum absolute atomic E-state index is 0.217. The molecule has 1 saturated carbocycles. The fourth-order valence-corrected chi connectivity index (χ4v) is 2.31. The van der Waals surface area contributed by atoms with Gasteiger partial charge >= 0.3 is 0 Å². The molecule has 0 spiro atoms. The molecule has 0 bridgehead atoms. The van der Waals surface area contributed by atoms with Gasteiger partial charge in [0, 0.05) is 18.0 Å². The third-order valence-corrected chi connectivity index (χ3v) is 3.72. The number of benzene rings is 1. The summed E-state index contributed by atoms with van der Waals surface area (Å²) in [6, 6.07) is 9.59. The lowest BCUT2D eigenvalue weighted by Gasteiger charge is -2.36. The van der Waals surface area contributed by atoms with E-state index in [1.165, 1.54) is 6.08 Å². The van der Waals surface area contributed by atoms with Gasteiger partial charge in [0.1, 0.15) is 11.3 Å². The van der Waals surface area contributed by atoms with Crippen molar-refractivity contribution in [2.75, 3.05) is 6.54 Å². The molecule has 4 heteroatoms. The molecule has 1 amide bonds. The topological polar surface area (TPSA) is 62.5 Å². The number of furan rings is 1. The summed E-state index contributed by atoms with van der Waals surface area (Å²) in [5.41, 5.74) is 0.111. The summed E-state index contributed by atoms with van der Waals surface area (Å²) < 4.78 is 5.58. The fraction of sp³-hybridized carbons (Fsp3) is 0.312. The Morgan fingerprint density at radius 3 is 2.90 bits per heavy atom. The first-order valence-electron chi connectivity index (χ1n) is 6.82. The number of rotatable bonds is 4. The molecule has 104 valence electrons. The summed E-state index contributed by atoms with van der Waals surface area (Å²) in [5.74, 6) is 0.425. The molecule has 0 saturated heterocycles. The van der Waals surface area contributed by atoms with Crippen molar-refractivity contribution in [2.24, 2.45) is 0 Å². The van der Waals surface area contributed by atoms with E-state index < -0.39 is 5.60 Å². The van der Waals surface area contributed by atoms with Crippen molar-refractivity contribution < 1.29 is 14.3 Å². The third kappa shape index (κ3) is 2.75. The van der Waals surface area contributed by atoms with Gasteiger partial charge in [-0.05, 0) is 37.5 Å². The van der Waals surface area contributed by atoms with E-state index in [2.05, 4.69) is 5.32 Å². The van der Waals surface area contributed by atoms with Crippen molar-refractivity contribution in [3.63, 3.8) is 0 Å². The van der Waals surface area contributed by atoms with Gasteiger partial charge in [-0.25, -0.2) is 0 Å². The molecular formula is C16H17NO3. The van der Waals surface area contributed by atoms with E-state index in [4.69, 9.17) is 4.42 Å². The molecule has 0 radical (unpaired) electrons. The standard InChI is InChI=1S/C16H17NO3/c18-15(17-11-16(19)8-3-9-16)7-6-13-10-12-4-1-2-5-14(12)20-13/h1-2,4-7,10,19H,3,8-9,11H2,(H,17,18). The molecule has 2 N–H and O–H groups in total. The zero-order valence-corrected chi connectivity index (χ0v) is 11.1. The maximum Gasteiger partial charge on any atom is 0.244 e. The Morgan fingerprint density at radius 2 is 2.20 bits per heavy atom. The highest BCUT2D eigenvalue weighted by molar-refractivity contribution is 5.92. The maximum atomic E-state index is 11.7. The van der Waals surface area contributed by atoms with Crippen LogP contribution in [0.2, 0.25) is 0 Å². The van der Waals surface area contributed by atoms with Crippen LogP contribution in [-0.2, 0) is 4.79 Å². The van der Waals surface area contributed by atoms with Crippen LogP contribution in [0, 0.1) is 0 Å². The average molecular weight is 271 g/mol. The van der Waals surface area contributed by atoms with Crippen LogP contribution < -0.4 is 5.32 Å². The number of amides is 1. The molecule has 1 heterocycles. The van der Waals surface area contributed by atoms with Gasteiger partial charge in [0.2, 0.25) is 5.91 Å². The lowest BCUT2D eigenvalue weighted by Crippen LogP contribution is -2.47. The lowest BCUT2D eigenvalue weighted by molar-refractivity contribution is -0.118. The summed E-state index contributed by atoms with van der Waals surface area (Å²) in [6.45, 7) is 0.316. The molecule has 1 fully saturated rings. The highest BCUT2D eigenvalue weighted by Crippen LogP contribution is 2.30. The Labute approximate surface area is 117 Å². The second-order valence-electron chi connectivity index (χ2n) is 5.32. The van der Waals surface area contributed by atoms with Crippen LogP contribution in [0.15, 0.2) is 40.8 Å². The van der Waals surface area contributed by atoms with Crippen LogP contribution in [-0.4, -0.2) is 23.2 Å². The van der Waals surface area contributed by atoms with Crippen molar-refractivity contribution in [3.05, 3.63) is 42.2 Å². The minimum atomic E-state index is -0.692. The van der Waals surface area contributed by atoms with E-state index >= 15 is 0 Å². The Balaban J connectivity index is 1.60. The van der Waals surface area contributed by atoms with Gasteiger partial charge in [-0.1, -0.05) is 18.2 Å². The molecule has 1 aliphatic rings. The van der Waals surface area contributed by atoms with Gasteiger partial charge in [0.05, 0.1) is 5.60 Å². The average Bonchev–Trinajstić information content (AvgIpc) is 2.83. The smallest absolute Gasteiger partial charge is 0.244 e. The zero-order chi connectivity index (χ0) is 14.0. The number of hydrogen-bond acceptors (Lipinski definition) is 3. The summed E-state index contributed by atoms with van der Waals surface area (Å²) in [6.07, 6.45) is 5.63. The van der Waals surface area contributed by atoms with Crippen LogP contribution in [0.25, 0.3) is 17.0 Å². The summed E-state index contributed by atoms with van der Waals surface area (Å²) in [4.78, 5) is 11.7. The molecular weight excluding hydrogens is 254 g/mol. The van der Waals surface area contributed by atoms with Crippen molar-refractivity contribution in [2.45, 2.75) is 24.9 Å². The molecule has 1 aromatic heterocycles. The van der Waals surface area contributed by atoms with Gasteiger partial charge in [0.25, 0.3) is 0 Å². The number of carbonyl (C=O) groups is 1. The number of hydrogen-bond donors (Lipinski definition) is 2. The molecule has 3 rings (SSSR count). The largest absolute Gasteiger partial charge is 0.457 e. The summed E-state index contributed by atoms with van der Waals surface area (Å²) in [7, 11) is 0. The first kappa shape index (κ1) is 12.9. The molecule has 1 aromatic carbocycles. The van der Waals surface area contributed by atoms with Crippen LogP contribution in [0.4, 0.5) is 0 Å². The Kier molecular flexibility index (Phi) is 3.32. The predicted octanol–water partition coefficient (Wildman–Crippen LogP) is 2.48. The Bertz CT molecular complexity index is 620. The number of para-hydroxylation sites is 1. The maximum absolute atomic E-state index is 11.7. The zero-order valence-electron chi connectivity index (χ0n) is 11.1. The van der Waals surface area contributed by atoms with Crippen molar-refractivity contribution >= 4 is 23.0 Å². The second-order valence-corrected chi connectivity index (χ2v) is 5.32. The number of fused-ring (bicyclic) bond motifs is 1. The highest BCUT2D eigenvalue weighted by atomic mass is 16.3. The van der Waals surface area contributed by atoms with E-state index in [9.17, 15) is 9.90 Å². The molecule has 1 aliphatic carbocycles. The number of carbonyl (C=O) groups excluding carboxylic acids is 1. The van der Waals surface area contributed by atoms with Crippen molar-refractivity contribution in [1.29, 1.82) is 0 Å². The van der Waals surface area contributed by atoms with Gasteiger partial charge in [-0.3, -0.25) is 4.79 Å². The van der Waals surface area contributed by atoms with Gasteiger partial charge in [0.15, 0.2) is 0 Å². The normalized spacial score (nSPS) is 17.2. The molecule has 2 aromatic rings. The fourth-order valence-electron chi connectivity index (χ4n) is 2.31. The summed E-state index contributed by atoms with van der Waals surface area (Å²) >= 11 is 0. The summed E-state index contributed by atoms with van der Waals surface area (Å²) in [5, 5.41) is 13.6. The highest BCUT2D eigenvalue weighted by Gasteiger charge is 2.34. The minimum Gasteiger partial charge on any atom is -0.457 e. The van der Waals surface area contributed by atoms with Crippen LogP contribution in [0.1, 0.15) is 25.0 Å². The van der Waals surface area contributed by atoms with Crippen LogP contribution in [0.5, 0.6) is 0 Å². The second kappa shape index (κ2) is 5.13. The number of nitrogens with one attached hydrogen (secondary N) is 1. The third-order valence-electron chi connectivity index (χ3n) is 3.72. The van der Waals surface area contributed by atoms with Gasteiger partial charge in [-0.15, -0.1) is 0 Å². The van der Waals surface area contributed by atoms with E-state index in [-0.39, 0.29) is 5.91 Å². The molecule has 0 unspecified atom stereocenters. The molecule has 4 nitrogen and oxygen atoms in total. The van der Waals surface area contributed by atoms with E-state index in [1.807, 2.05) is 30.3 Å². The molecule has 20 heavy (non-hydrogen) atoms. The van der Waals surface area contributed by atoms with Gasteiger partial charge in [-0.2, -0.15) is 0 Å². The van der Waals surface area contributed by atoms with Crippen LogP contribution >= 0.6 is 0 Å². The lowest BCUT2D eigenvalue weighted by atomic mass is 9.80. The van der Waals surface area contributed by atoms with Crippen molar-refractivity contribution in [1.82, 2.24) is 5.32 Å².